The van der Waals surface area contributed by atoms with Crippen molar-refractivity contribution in [3.63, 3.8) is 0 Å². The summed E-state index contributed by atoms with van der Waals surface area (Å²) in [6.07, 6.45) is -0.288. The van der Waals surface area contributed by atoms with Gasteiger partial charge in [0.25, 0.3) is 0 Å². The summed E-state index contributed by atoms with van der Waals surface area (Å²) in [4.78, 5) is 10.5. The Morgan fingerprint density at radius 3 is 2.50 bits per heavy atom. The molecule has 16 heavy (non-hydrogen) atoms. The van der Waals surface area contributed by atoms with Crippen molar-refractivity contribution in [1.82, 2.24) is 0 Å². The average Bonchev–Trinajstić information content (AvgIpc) is 2.16. The van der Waals surface area contributed by atoms with Gasteiger partial charge in [-0.05, 0) is 24.5 Å². The molecule has 0 saturated carbocycles. The number of para-hydroxylation sites is 1. The van der Waals surface area contributed by atoms with Crippen LogP contribution in [0.3, 0.4) is 0 Å². The number of aliphatic carboxylic acids is 1. The maximum Gasteiger partial charge on any atom is 0.307 e. The van der Waals surface area contributed by atoms with E-state index in [4.69, 9.17) is 9.84 Å². The van der Waals surface area contributed by atoms with Crippen molar-refractivity contribution in [2.45, 2.75) is 39.2 Å². The third-order valence-corrected chi connectivity index (χ3v) is 2.33. The highest BCUT2D eigenvalue weighted by Gasteiger charge is 2.12. The van der Waals surface area contributed by atoms with Crippen molar-refractivity contribution in [3.8, 4) is 5.75 Å². The van der Waals surface area contributed by atoms with Gasteiger partial charge >= 0.3 is 5.97 Å². The van der Waals surface area contributed by atoms with Crippen LogP contribution in [0.25, 0.3) is 0 Å². The van der Waals surface area contributed by atoms with E-state index in [0.717, 1.165) is 11.3 Å². The second kappa shape index (κ2) is 5.54. The Bertz CT molecular complexity index is 358. The molecule has 1 aromatic rings. The molecule has 0 fully saturated rings. The molecular formula is C13H18O3. The monoisotopic (exact) mass is 222 g/mol. The Labute approximate surface area is 96.1 Å². The summed E-state index contributed by atoms with van der Waals surface area (Å²) >= 11 is 0. The maximum atomic E-state index is 10.5. The molecule has 0 aliphatic heterocycles. The Kier molecular flexibility index (Phi) is 4.35. The van der Waals surface area contributed by atoms with Crippen LogP contribution in [0.1, 0.15) is 38.7 Å². The van der Waals surface area contributed by atoms with Gasteiger partial charge in [0, 0.05) is 0 Å². The summed E-state index contributed by atoms with van der Waals surface area (Å²) in [5, 5.41) is 8.66. The first-order valence-corrected chi connectivity index (χ1v) is 5.48. The predicted molar refractivity (Wildman–Crippen MR) is 62.9 cm³/mol. The molecule has 1 aromatic carbocycles. The summed E-state index contributed by atoms with van der Waals surface area (Å²) in [5.74, 6) is 0.314. The van der Waals surface area contributed by atoms with E-state index in [0.29, 0.717) is 5.92 Å². The van der Waals surface area contributed by atoms with Crippen LogP contribution in [0.5, 0.6) is 5.75 Å². The number of benzene rings is 1. The number of carboxylic acid groups (broad SMARTS) is 1. The fourth-order valence-electron chi connectivity index (χ4n) is 1.57. The minimum absolute atomic E-state index is 0.0203. The molecular weight excluding hydrogens is 204 g/mol. The normalized spacial score (nSPS) is 12.5. The van der Waals surface area contributed by atoms with E-state index < -0.39 is 5.97 Å². The molecule has 3 heteroatoms. The van der Waals surface area contributed by atoms with Crippen molar-refractivity contribution in [1.29, 1.82) is 0 Å². The lowest BCUT2D eigenvalue weighted by Gasteiger charge is -2.17. The molecule has 0 radical (unpaired) electrons. The first kappa shape index (κ1) is 12.6. The fourth-order valence-corrected chi connectivity index (χ4v) is 1.57. The van der Waals surface area contributed by atoms with Gasteiger partial charge in [0.15, 0.2) is 0 Å². The molecule has 0 unspecified atom stereocenters. The zero-order valence-electron chi connectivity index (χ0n) is 9.93. The van der Waals surface area contributed by atoms with E-state index in [1.807, 2.05) is 24.3 Å². The molecule has 0 aliphatic carbocycles. The van der Waals surface area contributed by atoms with Crippen molar-refractivity contribution < 1.29 is 14.6 Å². The van der Waals surface area contributed by atoms with Crippen LogP contribution >= 0.6 is 0 Å². The zero-order chi connectivity index (χ0) is 12.1. The van der Waals surface area contributed by atoms with Gasteiger partial charge in [-0.2, -0.15) is 0 Å². The van der Waals surface area contributed by atoms with E-state index in [-0.39, 0.29) is 12.5 Å². The molecule has 1 atom stereocenters. The Balaban J connectivity index is 2.76. The van der Waals surface area contributed by atoms with Gasteiger partial charge in [-0.3, -0.25) is 4.79 Å². The maximum absolute atomic E-state index is 10.5. The molecule has 1 rings (SSSR count). The number of ether oxygens (including phenoxy) is 1. The number of hydrogen-bond donors (Lipinski definition) is 1. The first-order chi connectivity index (χ1) is 7.50. The van der Waals surface area contributed by atoms with E-state index >= 15 is 0 Å². The quantitative estimate of drug-likeness (QED) is 0.832. The number of rotatable bonds is 5. The second-order valence-corrected chi connectivity index (χ2v) is 4.22. The summed E-state index contributed by atoms with van der Waals surface area (Å²) in [6, 6.07) is 7.75. The third kappa shape index (κ3) is 3.57. The second-order valence-electron chi connectivity index (χ2n) is 4.22. The SMILES string of the molecule is CC(C)c1ccccc1O[C@@H](C)CC(=O)O. The lowest BCUT2D eigenvalue weighted by atomic mass is 10.0. The van der Waals surface area contributed by atoms with E-state index in [1.165, 1.54) is 0 Å². The van der Waals surface area contributed by atoms with Gasteiger partial charge < -0.3 is 9.84 Å². The average molecular weight is 222 g/mol. The van der Waals surface area contributed by atoms with Crippen LogP contribution in [0.4, 0.5) is 0 Å². The van der Waals surface area contributed by atoms with Crippen LogP contribution in [0.2, 0.25) is 0 Å². The highest BCUT2D eigenvalue weighted by molar-refractivity contribution is 5.67. The zero-order valence-corrected chi connectivity index (χ0v) is 9.93. The van der Waals surface area contributed by atoms with Crippen molar-refractivity contribution in [2.75, 3.05) is 0 Å². The summed E-state index contributed by atoms with van der Waals surface area (Å²) < 4.78 is 5.64. The van der Waals surface area contributed by atoms with Crippen molar-refractivity contribution in [2.24, 2.45) is 0 Å². The van der Waals surface area contributed by atoms with E-state index in [1.54, 1.807) is 6.92 Å². The first-order valence-electron chi connectivity index (χ1n) is 5.48. The third-order valence-electron chi connectivity index (χ3n) is 2.33. The van der Waals surface area contributed by atoms with Gasteiger partial charge in [0.05, 0.1) is 6.42 Å². The molecule has 1 N–H and O–H groups in total. The minimum Gasteiger partial charge on any atom is -0.490 e. The highest BCUT2D eigenvalue weighted by atomic mass is 16.5. The molecule has 0 bridgehead atoms. The van der Waals surface area contributed by atoms with Gasteiger partial charge in [0.1, 0.15) is 11.9 Å². The van der Waals surface area contributed by atoms with Crippen LogP contribution in [0, 0.1) is 0 Å². The smallest absolute Gasteiger partial charge is 0.307 e. The van der Waals surface area contributed by atoms with Crippen LogP contribution in [-0.2, 0) is 4.79 Å². The Morgan fingerprint density at radius 2 is 1.94 bits per heavy atom. The molecule has 0 saturated heterocycles. The van der Waals surface area contributed by atoms with Crippen molar-refractivity contribution in [3.05, 3.63) is 29.8 Å². The fraction of sp³-hybridized carbons (Fsp3) is 0.462. The molecule has 0 spiro atoms. The van der Waals surface area contributed by atoms with E-state index in [2.05, 4.69) is 13.8 Å². The molecule has 88 valence electrons. The minimum atomic E-state index is -0.838. The van der Waals surface area contributed by atoms with Gasteiger partial charge in [-0.25, -0.2) is 0 Å². The summed E-state index contributed by atoms with van der Waals surface area (Å²) in [5.41, 5.74) is 1.11. The number of carbonyl (C=O) groups is 1. The number of carboxylic acids is 1. The number of hydrogen-bond acceptors (Lipinski definition) is 2. The lowest BCUT2D eigenvalue weighted by Crippen LogP contribution is -2.17. The molecule has 0 amide bonds. The molecule has 0 aromatic heterocycles. The van der Waals surface area contributed by atoms with Crippen LogP contribution < -0.4 is 4.74 Å². The predicted octanol–water partition coefficient (Wildman–Crippen LogP) is 3.05. The lowest BCUT2D eigenvalue weighted by molar-refractivity contribution is -0.138. The Morgan fingerprint density at radius 1 is 1.31 bits per heavy atom. The standard InChI is InChI=1S/C13H18O3/c1-9(2)11-6-4-5-7-12(11)16-10(3)8-13(14)15/h4-7,9-10H,8H2,1-3H3,(H,14,15)/t10-/m0/s1. The summed E-state index contributed by atoms with van der Waals surface area (Å²) in [6.45, 7) is 5.94. The molecule has 0 aliphatic rings. The topological polar surface area (TPSA) is 46.5 Å². The van der Waals surface area contributed by atoms with Crippen LogP contribution in [-0.4, -0.2) is 17.2 Å². The highest BCUT2D eigenvalue weighted by Crippen LogP contribution is 2.26. The summed E-state index contributed by atoms with van der Waals surface area (Å²) in [7, 11) is 0. The Hall–Kier alpha value is -1.51. The van der Waals surface area contributed by atoms with Crippen LogP contribution in [0.15, 0.2) is 24.3 Å². The largest absolute Gasteiger partial charge is 0.490 e. The van der Waals surface area contributed by atoms with Gasteiger partial charge in [-0.15, -0.1) is 0 Å². The van der Waals surface area contributed by atoms with Gasteiger partial charge in [0.2, 0.25) is 0 Å². The molecule has 3 nitrogen and oxygen atoms in total. The van der Waals surface area contributed by atoms with E-state index in [9.17, 15) is 4.79 Å². The molecule has 0 heterocycles. The van der Waals surface area contributed by atoms with Gasteiger partial charge in [-0.1, -0.05) is 32.0 Å². The van der Waals surface area contributed by atoms with Crippen molar-refractivity contribution >= 4 is 5.97 Å².